The minimum absolute atomic E-state index is 0.105. The summed E-state index contributed by atoms with van der Waals surface area (Å²) in [4.78, 5) is 6.74. The van der Waals surface area contributed by atoms with Crippen molar-refractivity contribution >= 4 is 38.7 Å². The lowest BCUT2D eigenvalue weighted by molar-refractivity contribution is 0.563. The summed E-state index contributed by atoms with van der Waals surface area (Å²) in [5.74, 6) is 0. The molecule has 9 heteroatoms. The predicted octanol–water partition coefficient (Wildman–Crippen LogP) is 4.38. The van der Waals surface area contributed by atoms with Crippen molar-refractivity contribution < 1.29 is 8.42 Å². The number of hydrogen-bond acceptors (Lipinski definition) is 4. The van der Waals surface area contributed by atoms with Crippen LogP contribution in [0.25, 0.3) is 0 Å². The summed E-state index contributed by atoms with van der Waals surface area (Å²) in [5.41, 5.74) is 6.78. The second kappa shape index (κ2) is 8.79. The van der Waals surface area contributed by atoms with Crippen LogP contribution in [0.3, 0.4) is 0 Å². The van der Waals surface area contributed by atoms with E-state index in [0.717, 1.165) is 29.7 Å². The molecule has 0 radical (unpaired) electrons. The number of anilines is 2. The normalized spacial score (nSPS) is 18.5. The van der Waals surface area contributed by atoms with Crippen molar-refractivity contribution in [2.45, 2.75) is 46.3 Å². The van der Waals surface area contributed by atoms with Crippen LogP contribution in [0, 0.1) is 20.8 Å². The van der Waals surface area contributed by atoms with E-state index < -0.39 is 10.0 Å². The van der Waals surface area contributed by atoms with Crippen LogP contribution in [0.5, 0.6) is 0 Å². The average Bonchev–Trinajstić information content (AvgIpc) is 3.24. The topological polar surface area (TPSA) is 79.3 Å². The number of sulfonamides is 1. The van der Waals surface area contributed by atoms with Crippen LogP contribution >= 0.6 is 12.2 Å². The lowest BCUT2D eigenvalue weighted by atomic mass is 9.96. The zero-order valence-electron chi connectivity index (χ0n) is 19.5. The van der Waals surface area contributed by atoms with Gasteiger partial charge in [0.2, 0.25) is 10.0 Å². The Kier molecular flexibility index (Phi) is 6.20. The van der Waals surface area contributed by atoms with Gasteiger partial charge in [-0.1, -0.05) is 6.07 Å². The predicted molar refractivity (Wildman–Crippen MR) is 137 cm³/mol. The van der Waals surface area contributed by atoms with Gasteiger partial charge >= 0.3 is 0 Å². The summed E-state index contributed by atoms with van der Waals surface area (Å²) in [7, 11) is -3.36. The van der Waals surface area contributed by atoms with Gasteiger partial charge in [-0.2, -0.15) is 0 Å². The minimum atomic E-state index is -3.36. The molecule has 2 atom stereocenters. The standard InChI is InChI=1S/C24H29N5O2S2/c1-6-28-16(3)14-19(17(28)4)23-22(21-9-7-8-12-25-21)26-24(32)29(23)18-10-11-20(15(2)13-18)27-33(5,30)31/h7-14,22-23,27H,6H2,1-5H3,(H,26,32)/t22-,23-/m0/s1. The molecule has 1 aromatic carbocycles. The van der Waals surface area contributed by atoms with E-state index in [1.165, 1.54) is 17.0 Å². The average molecular weight is 484 g/mol. The molecule has 1 fully saturated rings. The first-order valence-electron chi connectivity index (χ1n) is 10.9. The van der Waals surface area contributed by atoms with E-state index in [4.69, 9.17) is 12.2 Å². The number of hydrogen-bond donors (Lipinski definition) is 2. The van der Waals surface area contributed by atoms with E-state index in [1.807, 2.05) is 37.3 Å². The number of pyridine rings is 1. The Morgan fingerprint density at radius 2 is 1.91 bits per heavy atom. The second-order valence-corrected chi connectivity index (χ2v) is 10.6. The van der Waals surface area contributed by atoms with Crippen molar-refractivity contribution in [2.75, 3.05) is 15.9 Å². The Morgan fingerprint density at radius 3 is 2.48 bits per heavy atom. The molecule has 3 aromatic rings. The van der Waals surface area contributed by atoms with Gasteiger partial charge in [0.15, 0.2) is 5.11 Å². The van der Waals surface area contributed by atoms with Gasteiger partial charge in [0.25, 0.3) is 0 Å². The first kappa shape index (κ1) is 23.3. The lowest BCUT2D eigenvalue weighted by Crippen LogP contribution is -2.29. The van der Waals surface area contributed by atoms with Gasteiger partial charge in [-0.15, -0.1) is 0 Å². The van der Waals surface area contributed by atoms with Gasteiger partial charge in [-0.05, 0) is 87.4 Å². The number of thiocarbonyl (C=S) groups is 1. The number of rotatable bonds is 6. The Balaban J connectivity index is 1.84. The second-order valence-electron chi connectivity index (χ2n) is 8.44. The molecule has 7 nitrogen and oxygen atoms in total. The first-order valence-corrected chi connectivity index (χ1v) is 13.2. The van der Waals surface area contributed by atoms with Crippen LogP contribution in [-0.4, -0.2) is 29.3 Å². The molecule has 0 bridgehead atoms. The zero-order valence-corrected chi connectivity index (χ0v) is 21.1. The Morgan fingerprint density at radius 1 is 1.15 bits per heavy atom. The summed E-state index contributed by atoms with van der Waals surface area (Å²) in [6.45, 7) is 9.19. The van der Waals surface area contributed by atoms with Crippen LogP contribution in [0.1, 0.15) is 47.2 Å². The van der Waals surface area contributed by atoms with Gasteiger partial charge in [0.1, 0.15) is 0 Å². The number of aromatic nitrogens is 2. The molecule has 33 heavy (non-hydrogen) atoms. The molecule has 1 saturated heterocycles. The zero-order chi connectivity index (χ0) is 23.9. The van der Waals surface area contributed by atoms with Gasteiger partial charge in [-0.3, -0.25) is 9.71 Å². The van der Waals surface area contributed by atoms with Crippen LogP contribution in [-0.2, 0) is 16.6 Å². The maximum absolute atomic E-state index is 11.7. The summed E-state index contributed by atoms with van der Waals surface area (Å²) in [6.07, 6.45) is 2.95. The number of nitrogens with one attached hydrogen (secondary N) is 2. The molecular formula is C24H29N5O2S2. The van der Waals surface area contributed by atoms with E-state index in [0.29, 0.717) is 10.8 Å². The van der Waals surface area contributed by atoms with Crippen molar-refractivity contribution in [3.63, 3.8) is 0 Å². The summed E-state index contributed by atoms with van der Waals surface area (Å²) >= 11 is 5.82. The van der Waals surface area contributed by atoms with Crippen LogP contribution in [0.15, 0.2) is 48.7 Å². The Labute approximate surface area is 200 Å². The van der Waals surface area contributed by atoms with E-state index in [1.54, 1.807) is 12.3 Å². The van der Waals surface area contributed by atoms with E-state index in [9.17, 15) is 8.42 Å². The van der Waals surface area contributed by atoms with E-state index in [-0.39, 0.29) is 12.1 Å². The fraction of sp³-hybridized carbons (Fsp3) is 0.333. The maximum atomic E-state index is 11.7. The highest BCUT2D eigenvalue weighted by Crippen LogP contribution is 2.43. The molecule has 0 aliphatic carbocycles. The third-order valence-electron chi connectivity index (χ3n) is 6.13. The smallest absolute Gasteiger partial charge is 0.229 e. The highest BCUT2D eigenvalue weighted by atomic mass is 32.2. The van der Waals surface area contributed by atoms with E-state index >= 15 is 0 Å². The van der Waals surface area contributed by atoms with Crippen molar-refractivity contribution in [3.05, 3.63) is 76.9 Å². The van der Waals surface area contributed by atoms with Crippen LogP contribution < -0.4 is 14.9 Å². The first-order chi connectivity index (χ1) is 15.6. The lowest BCUT2D eigenvalue weighted by Gasteiger charge is -2.28. The molecule has 1 aliphatic heterocycles. The quantitative estimate of drug-likeness (QED) is 0.507. The van der Waals surface area contributed by atoms with Crippen molar-refractivity contribution in [1.29, 1.82) is 0 Å². The molecule has 0 unspecified atom stereocenters. The van der Waals surface area contributed by atoms with Crippen LogP contribution in [0.4, 0.5) is 11.4 Å². The van der Waals surface area contributed by atoms with Crippen molar-refractivity contribution in [1.82, 2.24) is 14.9 Å². The maximum Gasteiger partial charge on any atom is 0.229 e. The van der Waals surface area contributed by atoms with Gasteiger partial charge in [-0.25, -0.2) is 8.42 Å². The van der Waals surface area contributed by atoms with Gasteiger partial charge < -0.3 is 14.8 Å². The SMILES string of the molecule is CCn1c(C)cc([C@H]2[C@H](c3ccccn3)NC(=S)N2c2ccc(NS(C)(=O)=O)c(C)c2)c1C. The Bertz CT molecular complexity index is 1300. The molecular weight excluding hydrogens is 454 g/mol. The fourth-order valence-corrected chi connectivity index (χ4v) is 5.65. The largest absolute Gasteiger partial charge is 0.351 e. The molecule has 3 heterocycles. The Hall–Kier alpha value is -2.91. The van der Waals surface area contributed by atoms with E-state index in [2.05, 4.69) is 51.3 Å². The highest BCUT2D eigenvalue weighted by Gasteiger charge is 2.42. The molecule has 0 amide bonds. The molecule has 0 spiro atoms. The molecule has 4 rings (SSSR count). The molecule has 2 N–H and O–H groups in total. The van der Waals surface area contributed by atoms with Gasteiger partial charge in [0, 0.05) is 29.8 Å². The molecule has 0 saturated carbocycles. The molecule has 174 valence electrons. The summed E-state index contributed by atoms with van der Waals surface area (Å²) < 4.78 is 28.3. The fourth-order valence-electron chi connectivity index (χ4n) is 4.67. The minimum Gasteiger partial charge on any atom is -0.351 e. The monoisotopic (exact) mass is 483 g/mol. The summed E-state index contributed by atoms with van der Waals surface area (Å²) in [6, 6.07) is 13.6. The van der Waals surface area contributed by atoms with Crippen molar-refractivity contribution in [2.24, 2.45) is 0 Å². The van der Waals surface area contributed by atoms with Crippen molar-refractivity contribution in [3.8, 4) is 0 Å². The molecule has 2 aromatic heterocycles. The third-order valence-corrected chi connectivity index (χ3v) is 7.03. The third kappa shape index (κ3) is 4.47. The molecule has 1 aliphatic rings. The van der Waals surface area contributed by atoms with Gasteiger partial charge in [0.05, 0.1) is 29.7 Å². The number of benzene rings is 1. The highest BCUT2D eigenvalue weighted by molar-refractivity contribution is 7.92. The van der Waals surface area contributed by atoms with Crippen LogP contribution in [0.2, 0.25) is 0 Å². The number of aryl methyl sites for hydroxylation is 2. The number of nitrogens with zero attached hydrogens (tertiary/aromatic N) is 3. The summed E-state index contributed by atoms with van der Waals surface area (Å²) in [5, 5.41) is 4.10.